The largest absolute Gasteiger partial charge is 0.303 e. The third-order valence-electron chi connectivity index (χ3n) is 1.23. The zero-order valence-electron chi connectivity index (χ0n) is 5.60. The van der Waals surface area contributed by atoms with E-state index in [1.54, 1.807) is 0 Å². The van der Waals surface area contributed by atoms with Crippen molar-refractivity contribution in [2.75, 3.05) is 0 Å². The molecule has 0 aliphatic rings. The van der Waals surface area contributed by atoms with Gasteiger partial charge in [-0.15, -0.1) is 0 Å². The Morgan fingerprint density at radius 2 is 1.88 bits per heavy atom. The highest BCUT2D eigenvalue weighted by Gasteiger charge is 2.11. The lowest BCUT2D eigenvalue weighted by Gasteiger charge is -2.10. The standard InChI is InChI=1S/C6H12O.FH/c1-4-6(2,3)5-7;/h5H,4H2,1-3H3;1H. The van der Waals surface area contributed by atoms with Crippen molar-refractivity contribution in [1.29, 1.82) is 0 Å². The van der Waals surface area contributed by atoms with Gasteiger partial charge in [-0.1, -0.05) is 20.8 Å². The van der Waals surface area contributed by atoms with Crippen LogP contribution in [-0.4, -0.2) is 6.29 Å². The van der Waals surface area contributed by atoms with Crippen molar-refractivity contribution < 1.29 is 9.50 Å². The molecule has 0 spiro atoms. The fraction of sp³-hybridized carbons (Fsp3) is 0.833. The highest BCUT2D eigenvalue weighted by molar-refractivity contribution is 5.57. The van der Waals surface area contributed by atoms with Gasteiger partial charge in [0.15, 0.2) is 0 Å². The van der Waals surface area contributed by atoms with Crippen LogP contribution in [0.25, 0.3) is 0 Å². The molecule has 0 fully saturated rings. The summed E-state index contributed by atoms with van der Waals surface area (Å²) >= 11 is 0. The lowest BCUT2D eigenvalue weighted by atomic mass is 9.93. The summed E-state index contributed by atoms with van der Waals surface area (Å²) in [4.78, 5) is 10.1. The Balaban J connectivity index is 0. The summed E-state index contributed by atoms with van der Waals surface area (Å²) in [5.41, 5.74) is -0.0972. The summed E-state index contributed by atoms with van der Waals surface area (Å²) in [6.45, 7) is 5.87. The van der Waals surface area contributed by atoms with E-state index in [0.29, 0.717) is 0 Å². The molecule has 0 rings (SSSR count). The molecule has 2 heteroatoms. The molecule has 0 atom stereocenters. The van der Waals surface area contributed by atoms with E-state index in [9.17, 15) is 4.79 Å². The fourth-order valence-corrected chi connectivity index (χ4v) is 0.0833. The van der Waals surface area contributed by atoms with Gasteiger partial charge in [0.1, 0.15) is 6.29 Å². The average Bonchev–Trinajstić information content (AvgIpc) is 1.68. The summed E-state index contributed by atoms with van der Waals surface area (Å²) in [5.74, 6) is 0. The van der Waals surface area contributed by atoms with Crippen LogP contribution in [0.4, 0.5) is 4.70 Å². The Morgan fingerprint density at radius 1 is 1.50 bits per heavy atom. The van der Waals surface area contributed by atoms with Crippen LogP contribution < -0.4 is 0 Å². The Kier molecular flexibility index (Phi) is 4.73. The van der Waals surface area contributed by atoms with Gasteiger partial charge in [0.05, 0.1) is 0 Å². The maximum atomic E-state index is 10.1. The topological polar surface area (TPSA) is 17.1 Å². The molecule has 0 aliphatic carbocycles. The van der Waals surface area contributed by atoms with Gasteiger partial charge in [0.25, 0.3) is 0 Å². The monoisotopic (exact) mass is 120 g/mol. The van der Waals surface area contributed by atoms with Gasteiger partial charge in [-0.05, 0) is 6.42 Å². The molecule has 8 heavy (non-hydrogen) atoms. The van der Waals surface area contributed by atoms with E-state index >= 15 is 0 Å². The van der Waals surface area contributed by atoms with Gasteiger partial charge in [-0.3, -0.25) is 4.70 Å². The summed E-state index contributed by atoms with van der Waals surface area (Å²) < 4.78 is 0. The van der Waals surface area contributed by atoms with Crippen LogP contribution in [0.1, 0.15) is 27.2 Å². The molecule has 0 heterocycles. The zero-order chi connectivity index (χ0) is 5.91. The van der Waals surface area contributed by atoms with E-state index < -0.39 is 0 Å². The van der Waals surface area contributed by atoms with Gasteiger partial charge in [0.2, 0.25) is 0 Å². The van der Waals surface area contributed by atoms with E-state index in [-0.39, 0.29) is 10.1 Å². The van der Waals surface area contributed by atoms with E-state index in [1.807, 2.05) is 20.8 Å². The SMILES string of the molecule is CCC(C)(C)C=O.F. The van der Waals surface area contributed by atoms with Crippen molar-refractivity contribution >= 4 is 6.29 Å². The molecule has 0 saturated carbocycles. The van der Waals surface area contributed by atoms with Crippen molar-refractivity contribution in [1.82, 2.24) is 0 Å². The second-order valence-corrected chi connectivity index (χ2v) is 2.46. The van der Waals surface area contributed by atoms with Gasteiger partial charge in [-0.2, -0.15) is 0 Å². The van der Waals surface area contributed by atoms with Crippen LogP contribution in [0.2, 0.25) is 0 Å². The fourth-order valence-electron chi connectivity index (χ4n) is 0.0833. The van der Waals surface area contributed by atoms with Gasteiger partial charge in [0, 0.05) is 5.41 Å². The van der Waals surface area contributed by atoms with Crippen molar-refractivity contribution in [3.63, 3.8) is 0 Å². The maximum Gasteiger partial charge on any atom is 0.125 e. The predicted molar refractivity (Wildman–Crippen MR) is 32.6 cm³/mol. The van der Waals surface area contributed by atoms with E-state index in [2.05, 4.69) is 0 Å². The first kappa shape index (κ1) is 10.6. The molecule has 0 aliphatic heterocycles. The molecule has 0 radical (unpaired) electrons. The second kappa shape index (κ2) is 3.58. The van der Waals surface area contributed by atoms with Crippen molar-refractivity contribution in [3.05, 3.63) is 0 Å². The quantitative estimate of drug-likeness (QED) is 0.507. The van der Waals surface area contributed by atoms with Crippen molar-refractivity contribution in [2.24, 2.45) is 5.41 Å². The molecule has 1 nitrogen and oxygen atoms in total. The minimum Gasteiger partial charge on any atom is -0.303 e. The van der Waals surface area contributed by atoms with Crippen LogP contribution in [0.3, 0.4) is 0 Å². The number of carbonyl (C=O) groups is 1. The van der Waals surface area contributed by atoms with Crippen LogP contribution in [0.5, 0.6) is 0 Å². The Morgan fingerprint density at radius 3 is 1.88 bits per heavy atom. The smallest absolute Gasteiger partial charge is 0.125 e. The first-order chi connectivity index (χ1) is 3.12. The molecule has 50 valence electrons. The molecule has 0 unspecified atom stereocenters. The molecule has 0 aromatic carbocycles. The number of rotatable bonds is 2. The molecule has 0 aromatic rings. The predicted octanol–water partition coefficient (Wildman–Crippen LogP) is 1.77. The zero-order valence-corrected chi connectivity index (χ0v) is 5.60. The first-order valence-electron chi connectivity index (χ1n) is 2.59. The highest BCUT2D eigenvalue weighted by atomic mass is 19.0. The molecular weight excluding hydrogens is 107 g/mol. The number of carbonyl (C=O) groups excluding carboxylic acids is 1. The summed E-state index contributed by atoms with van der Waals surface area (Å²) in [5, 5.41) is 0. The molecule has 0 amide bonds. The lowest BCUT2D eigenvalue weighted by molar-refractivity contribution is -0.114. The van der Waals surface area contributed by atoms with Crippen molar-refractivity contribution in [2.45, 2.75) is 27.2 Å². The number of halogens is 1. The molecule has 0 aromatic heterocycles. The molecular formula is C6H13FO. The van der Waals surface area contributed by atoms with E-state index in [0.717, 1.165) is 12.7 Å². The van der Waals surface area contributed by atoms with E-state index in [1.165, 1.54) is 0 Å². The first-order valence-corrected chi connectivity index (χ1v) is 2.59. The van der Waals surface area contributed by atoms with Crippen LogP contribution in [0.15, 0.2) is 0 Å². The van der Waals surface area contributed by atoms with Gasteiger partial charge >= 0.3 is 0 Å². The Bertz CT molecular complexity index is 68.9. The minimum absolute atomic E-state index is 0. The summed E-state index contributed by atoms with van der Waals surface area (Å²) in [6, 6.07) is 0. The number of hydrogen-bond acceptors (Lipinski definition) is 1. The highest BCUT2D eigenvalue weighted by Crippen LogP contribution is 2.14. The normalized spacial score (nSPS) is 9.88. The molecule has 0 bridgehead atoms. The minimum atomic E-state index is -0.0972. The number of aldehydes is 1. The number of hydrogen-bond donors (Lipinski definition) is 0. The van der Waals surface area contributed by atoms with Gasteiger partial charge in [-0.25, -0.2) is 0 Å². The third kappa shape index (κ3) is 3.78. The molecule has 0 N–H and O–H groups in total. The van der Waals surface area contributed by atoms with Crippen LogP contribution >= 0.6 is 0 Å². The Hall–Kier alpha value is -0.400. The lowest BCUT2D eigenvalue weighted by Crippen LogP contribution is -2.09. The van der Waals surface area contributed by atoms with Crippen LogP contribution in [-0.2, 0) is 4.79 Å². The summed E-state index contributed by atoms with van der Waals surface area (Å²) in [6.07, 6.45) is 1.92. The van der Waals surface area contributed by atoms with E-state index in [4.69, 9.17) is 0 Å². The maximum absolute atomic E-state index is 10.1. The average molecular weight is 120 g/mol. The third-order valence-corrected chi connectivity index (χ3v) is 1.23. The second-order valence-electron chi connectivity index (χ2n) is 2.46. The summed E-state index contributed by atoms with van der Waals surface area (Å²) in [7, 11) is 0. The molecule has 0 saturated heterocycles. The van der Waals surface area contributed by atoms with Crippen molar-refractivity contribution in [3.8, 4) is 0 Å². The Labute approximate surface area is 49.5 Å². The van der Waals surface area contributed by atoms with Gasteiger partial charge < -0.3 is 4.79 Å². The van der Waals surface area contributed by atoms with Crippen LogP contribution in [0, 0.1) is 5.41 Å².